The molecule has 0 aromatic carbocycles. The maximum Gasteiger partial charge on any atom is 0.237 e. The Bertz CT molecular complexity index is 406. The average Bonchev–Trinajstić information content (AvgIpc) is 2.35. The molecule has 0 aliphatic heterocycles. The molecule has 1 unspecified atom stereocenters. The van der Waals surface area contributed by atoms with Crippen LogP contribution in [0.15, 0.2) is 18.3 Å². The van der Waals surface area contributed by atoms with Crippen LogP contribution in [0.3, 0.4) is 0 Å². The van der Waals surface area contributed by atoms with Crippen molar-refractivity contribution in [3.8, 4) is 6.07 Å². The predicted octanol–water partition coefficient (Wildman–Crippen LogP) is 1.95. The molecule has 17 heavy (non-hydrogen) atoms. The van der Waals surface area contributed by atoms with E-state index < -0.39 is 5.92 Å². The van der Waals surface area contributed by atoms with E-state index in [2.05, 4.69) is 10.3 Å². The van der Waals surface area contributed by atoms with Crippen LogP contribution in [0.5, 0.6) is 0 Å². The first-order chi connectivity index (χ1) is 8.17. The maximum atomic E-state index is 11.7. The van der Waals surface area contributed by atoms with Gasteiger partial charge in [0.1, 0.15) is 5.92 Å². The van der Waals surface area contributed by atoms with Crippen LogP contribution in [0.25, 0.3) is 0 Å². The lowest BCUT2D eigenvalue weighted by Gasteiger charge is -2.09. The number of rotatable bonds is 5. The number of aromatic nitrogens is 1. The predicted molar refractivity (Wildman–Crippen MR) is 64.8 cm³/mol. The highest BCUT2D eigenvalue weighted by molar-refractivity contribution is 5.80. The lowest BCUT2D eigenvalue weighted by atomic mass is 10.0. The Morgan fingerprint density at radius 3 is 2.88 bits per heavy atom. The van der Waals surface area contributed by atoms with E-state index in [9.17, 15) is 4.79 Å². The number of nitrogens with one attached hydrogen (secondary N) is 1. The van der Waals surface area contributed by atoms with Crippen LogP contribution < -0.4 is 5.32 Å². The molecule has 0 fully saturated rings. The molecule has 0 saturated heterocycles. The number of aryl methyl sites for hydroxylation is 1. The second kappa shape index (κ2) is 6.64. The van der Waals surface area contributed by atoms with E-state index in [-0.39, 0.29) is 5.91 Å². The number of nitriles is 1. The number of carbonyl (C=O) groups is 1. The summed E-state index contributed by atoms with van der Waals surface area (Å²) in [5.41, 5.74) is 1.89. The second-order valence-electron chi connectivity index (χ2n) is 4.00. The minimum Gasteiger partial charge on any atom is -0.351 e. The summed E-state index contributed by atoms with van der Waals surface area (Å²) >= 11 is 0. The Balaban J connectivity index is 2.47. The zero-order valence-corrected chi connectivity index (χ0v) is 10.2. The average molecular weight is 231 g/mol. The van der Waals surface area contributed by atoms with Crippen LogP contribution in [0.4, 0.5) is 0 Å². The zero-order chi connectivity index (χ0) is 12.7. The van der Waals surface area contributed by atoms with E-state index in [1.165, 1.54) is 0 Å². The Morgan fingerprint density at radius 1 is 1.59 bits per heavy atom. The highest BCUT2D eigenvalue weighted by Gasteiger charge is 2.15. The topological polar surface area (TPSA) is 65.8 Å². The van der Waals surface area contributed by atoms with Crippen LogP contribution in [0.1, 0.15) is 31.0 Å². The monoisotopic (exact) mass is 231 g/mol. The molecule has 0 bridgehead atoms. The Kier molecular flexibility index (Phi) is 5.15. The van der Waals surface area contributed by atoms with Gasteiger partial charge < -0.3 is 5.32 Å². The van der Waals surface area contributed by atoms with E-state index >= 15 is 0 Å². The first-order valence-electron chi connectivity index (χ1n) is 5.76. The molecule has 1 N–H and O–H groups in total. The van der Waals surface area contributed by atoms with E-state index in [1.807, 2.05) is 32.0 Å². The first-order valence-corrected chi connectivity index (χ1v) is 5.76. The van der Waals surface area contributed by atoms with Crippen molar-refractivity contribution in [2.45, 2.75) is 33.2 Å². The van der Waals surface area contributed by atoms with Crippen molar-refractivity contribution in [3.63, 3.8) is 0 Å². The number of amides is 1. The molecule has 4 nitrogen and oxygen atoms in total. The molecule has 90 valence electrons. The lowest BCUT2D eigenvalue weighted by Crippen LogP contribution is -2.29. The van der Waals surface area contributed by atoms with Gasteiger partial charge in [-0.2, -0.15) is 5.26 Å². The first kappa shape index (κ1) is 13.2. The van der Waals surface area contributed by atoms with Crippen LogP contribution in [0.2, 0.25) is 0 Å². The maximum absolute atomic E-state index is 11.7. The largest absolute Gasteiger partial charge is 0.351 e. The summed E-state index contributed by atoms with van der Waals surface area (Å²) in [6.07, 6.45) is 3.17. The van der Waals surface area contributed by atoms with Gasteiger partial charge >= 0.3 is 0 Å². The second-order valence-corrected chi connectivity index (χ2v) is 4.00. The van der Waals surface area contributed by atoms with Gasteiger partial charge in [0, 0.05) is 18.4 Å². The van der Waals surface area contributed by atoms with Crippen molar-refractivity contribution in [1.29, 1.82) is 5.26 Å². The number of hydrogen-bond acceptors (Lipinski definition) is 3. The standard InChI is InChI=1S/C13H17N3O/c1-3-4-12(7-14)13(17)16-9-11-6-5-10(2)15-8-11/h5-6,8,12H,3-4,9H2,1-2H3,(H,16,17). The summed E-state index contributed by atoms with van der Waals surface area (Å²) in [6, 6.07) is 5.84. The van der Waals surface area contributed by atoms with Gasteiger partial charge in [0.2, 0.25) is 5.91 Å². The van der Waals surface area contributed by atoms with E-state index in [0.717, 1.165) is 17.7 Å². The molecule has 1 rings (SSSR count). The third-order valence-corrected chi connectivity index (χ3v) is 2.49. The van der Waals surface area contributed by atoms with Gasteiger partial charge in [-0.25, -0.2) is 0 Å². The van der Waals surface area contributed by atoms with Gasteiger partial charge in [-0.15, -0.1) is 0 Å². The van der Waals surface area contributed by atoms with Gasteiger partial charge in [-0.3, -0.25) is 9.78 Å². The van der Waals surface area contributed by atoms with Crippen LogP contribution >= 0.6 is 0 Å². The fraction of sp³-hybridized carbons (Fsp3) is 0.462. The number of hydrogen-bond donors (Lipinski definition) is 1. The molecule has 0 aliphatic carbocycles. The van der Waals surface area contributed by atoms with Crippen molar-refractivity contribution >= 4 is 5.91 Å². The molecular formula is C13H17N3O. The Hall–Kier alpha value is -1.89. The summed E-state index contributed by atoms with van der Waals surface area (Å²) in [5.74, 6) is -0.742. The molecule has 0 saturated carbocycles. The molecule has 4 heteroatoms. The van der Waals surface area contributed by atoms with Crippen molar-refractivity contribution in [3.05, 3.63) is 29.6 Å². The fourth-order valence-electron chi connectivity index (χ4n) is 1.46. The third kappa shape index (κ3) is 4.23. The molecule has 1 aromatic heterocycles. The lowest BCUT2D eigenvalue weighted by molar-refractivity contribution is -0.123. The summed E-state index contributed by atoms with van der Waals surface area (Å²) in [6.45, 7) is 4.30. The van der Waals surface area contributed by atoms with Gasteiger partial charge in [0.05, 0.1) is 6.07 Å². The summed E-state index contributed by atoms with van der Waals surface area (Å²) in [5, 5.41) is 11.6. The summed E-state index contributed by atoms with van der Waals surface area (Å²) < 4.78 is 0. The highest BCUT2D eigenvalue weighted by Crippen LogP contribution is 2.05. The van der Waals surface area contributed by atoms with Gasteiger partial charge in [-0.05, 0) is 25.0 Å². The minimum atomic E-state index is -0.543. The van der Waals surface area contributed by atoms with Gasteiger partial charge in [0.15, 0.2) is 0 Å². The molecule has 0 spiro atoms. The van der Waals surface area contributed by atoms with E-state index in [1.54, 1.807) is 6.20 Å². The Morgan fingerprint density at radius 2 is 2.35 bits per heavy atom. The zero-order valence-electron chi connectivity index (χ0n) is 10.2. The molecule has 1 amide bonds. The van der Waals surface area contributed by atoms with Crippen molar-refractivity contribution in [2.24, 2.45) is 5.92 Å². The smallest absolute Gasteiger partial charge is 0.237 e. The number of nitrogens with zero attached hydrogens (tertiary/aromatic N) is 2. The summed E-state index contributed by atoms with van der Waals surface area (Å²) in [4.78, 5) is 15.8. The van der Waals surface area contributed by atoms with Crippen LogP contribution in [-0.2, 0) is 11.3 Å². The molecule has 1 aromatic rings. The SMILES string of the molecule is CCCC(C#N)C(=O)NCc1ccc(C)nc1. The normalized spacial score (nSPS) is 11.6. The minimum absolute atomic E-state index is 0.199. The number of pyridine rings is 1. The molecule has 0 aliphatic rings. The Labute approximate surface area is 102 Å². The van der Waals surface area contributed by atoms with Crippen LogP contribution in [-0.4, -0.2) is 10.9 Å². The van der Waals surface area contributed by atoms with Gasteiger partial charge in [-0.1, -0.05) is 19.4 Å². The fourth-order valence-corrected chi connectivity index (χ4v) is 1.46. The van der Waals surface area contributed by atoms with Crippen molar-refractivity contribution < 1.29 is 4.79 Å². The van der Waals surface area contributed by atoms with Crippen LogP contribution in [0, 0.1) is 24.2 Å². The number of carbonyl (C=O) groups excluding carboxylic acids is 1. The third-order valence-electron chi connectivity index (χ3n) is 2.49. The van der Waals surface area contributed by atoms with E-state index in [0.29, 0.717) is 13.0 Å². The quantitative estimate of drug-likeness (QED) is 0.842. The molecular weight excluding hydrogens is 214 g/mol. The molecule has 1 atom stereocenters. The van der Waals surface area contributed by atoms with E-state index in [4.69, 9.17) is 5.26 Å². The highest BCUT2D eigenvalue weighted by atomic mass is 16.1. The van der Waals surface area contributed by atoms with Crippen molar-refractivity contribution in [1.82, 2.24) is 10.3 Å². The van der Waals surface area contributed by atoms with Crippen molar-refractivity contribution in [2.75, 3.05) is 0 Å². The summed E-state index contributed by atoms with van der Waals surface area (Å²) in [7, 11) is 0. The van der Waals surface area contributed by atoms with Gasteiger partial charge in [0.25, 0.3) is 0 Å². The molecule has 0 radical (unpaired) electrons. The molecule has 1 heterocycles.